The molecule has 0 bridgehead atoms. The standard InChI is InChI=1S/C16H13F4NO2S/c17-13-3-1-2-4-14(13)24-9-15(22)21-11-5-7-12(8-6-11)23-10-16(18,19)20/h1-8H,9-10H2,(H,21,22). The third kappa shape index (κ3) is 6.11. The number of carbonyl (C=O) groups is 1. The van der Waals surface area contributed by atoms with Gasteiger partial charge in [0, 0.05) is 10.6 Å². The van der Waals surface area contributed by atoms with Gasteiger partial charge in [0.2, 0.25) is 5.91 Å². The van der Waals surface area contributed by atoms with Crippen LogP contribution in [0.1, 0.15) is 0 Å². The lowest BCUT2D eigenvalue weighted by molar-refractivity contribution is -0.153. The van der Waals surface area contributed by atoms with Crippen molar-refractivity contribution in [1.29, 1.82) is 0 Å². The fourth-order valence-electron chi connectivity index (χ4n) is 1.70. The van der Waals surface area contributed by atoms with Crippen molar-refractivity contribution in [3.63, 3.8) is 0 Å². The first-order valence-corrected chi connectivity index (χ1v) is 7.79. The van der Waals surface area contributed by atoms with Crippen LogP contribution in [0.2, 0.25) is 0 Å². The fourth-order valence-corrected chi connectivity index (χ4v) is 2.44. The van der Waals surface area contributed by atoms with Crippen LogP contribution < -0.4 is 10.1 Å². The average Bonchev–Trinajstić information content (AvgIpc) is 2.53. The Hall–Kier alpha value is -2.22. The van der Waals surface area contributed by atoms with Crippen molar-refractivity contribution in [1.82, 2.24) is 0 Å². The SMILES string of the molecule is O=C(CSc1ccccc1F)Nc1ccc(OCC(F)(F)F)cc1. The quantitative estimate of drug-likeness (QED) is 0.610. The van der Waals surface area contributed by atoms with E-state index in [2.05, 4.69) is 10.1 Å². The molecule has 24 heavy (non-hydrogen) atoms. The summed E-state index contributed by atoms with van der Waals surface area (Å²) in [6.45, 7) is -1.38. The van der Waals surface area contributed by atoms with Crippen LogP contribution >= 0.6 is 11.8 Å². The average molecular weight is 359 g/mol. The number of anilines is 1. The molecule has 0 aliphatic rings. The largest absolute Gasteiger partial charge is 0.484 e. The Morgan fingerprint density at radius 1 is 1.08 bits per heavy atom. The summed E-state index contributed by atoms with van der Waals surface area (Å²) in [5.41, 5.74) is 0.411. The number of nitrogens with one attached hydrogen (secondary N) is 1. The first kappa shape index (κ1) is 18.1. The molecule has 1 amide bonds. The van der Waals surface area contributed by atoms with Crippen LogP contribution in [0.3, 0.4) is 0 Å². The minimum Gasteiger partial charge on any atom is -0.484 e. The van der Waals surface area contributed by atoms with Crippen molar-refractivity contribution in [2.75, 3.05) is 17.7 Å². The maximum absolute atomic E-state index is 13.4. The third-order valence-electron chi connectivity index (χ3n) is 2.74. The second kappa shape index (κ2) is 8.05. The van der Waals surface area contributed by atoms with E-state index in [-0.39, 0.29) is 17.4 Å². The van der Waals surface area contributed by atoms with Gasteiger partial charge in [0.25, 0.3) is 0 Å². The van der Waals surface area contributed by atoms with Crippen molar-refractivity contribution in [3.8, 4) is 5.75 Å². The lowest BCUT2D eigenvalue weighted by Gasteiger charge is -2.10. The van der Waals surface area contributed by atoms with Crippen molar-refractivity contribution in [2.24, 2.45) is 0 Å². The molecule has 128 valence electrons. The molecule has 0 saturated heterocycles. The minimum absolute atomic E-state index is 0.00720. The van der Waals surface area contributed by atoms with Gasteiger partial charge >= 0.3 is 6.18 Å². The van der Waals surface area contributed by atoms with E-state index in [9.17, 15) is 22.4 Å². The van der Waals surface area contributed by atoms with E-state index in [4.69, 9.17) is 0 Å². The van der Waals surface area contributed by atoms with Crippen molar-refractivity contribution >= 4 is 23.4 Å². The second-order valence-corrected chi connectivity index (χ2v) is 5.71. The molecule has 0 atom stereocenters. The van der Waals surface area contributed by atoms with Crippen LogP contribution in [0.5, 0.6) is 5.75 Å². The minimum atomic E-state index is -4.41. The molecule has 0 aliphatic carbocycles. The molecule has 0 fully saturated rings. The number of hydrogen-bond acceptors (Lipinski definition) is 3. The molecule has 2 aromatic rings. The fraction of sp³-hybridized carbons (Fsp3) is 0.188. The van der Waals surface area contributed by atoms with Crippen LogP contribution in [0.15, 0.2) is 53.4 Å². The van der Waals surface area contributed by atoms with Crippen LogP contribution in [-0.2, 0) is 4.79 Å². The highest BCUT2D eigenvalue weighted by atomic mass is 32.2. The molecule has 2 rings (SSSR count). The molecule has 8 heteroatoms. The summed E-state index contributed by atoms with van der Waals surface area (Å²) in [4.78, 5) is 12.2. The Balaban J connectivity index is 1.82. The zero-order valence-corrected chi connectivity index (χ0v) is 13.1. The Morgan fingerprint density at radius 3 is 2.38 bits per heavy atom. The first-order valence-electron chi connectivity index (χ1n) is 6.80. The summed E-state index contributed by atoms with van der Waals surface area (Å²) in [5.74, 6) is -0.701. The number of hydrogen-bond donors (Lipinski definition) is 1. The summed E-state index contributed by atoms with van der Waals surface area (Å²) >= 11 is 1.05. The first-order chi connectivity index (χ1) is 11.3. The van der Waals surface area contributed by atoms with Crippen molar-refractivity contribution < 1.29 is 27.1 Å². The molecular formula is C16H13F4NO2S. The summed E-state index contributed by atoms with van der Waals surface area (Å²) in [6.07, 6.45) is -4.41. The Bertz CT molecular complexity index is 689. The van der Waals surface area contributed by atoms with Crippen molar-refractivity contribution in [3.05, 3.63) is 54.3 Å². The summed E-state index contributed by atoms with van der Waals surface area (Å²) in [7, 11) is 0. The third-order valence-corrected chi connectivity index (χ3v) is 3.78. The van der Waals surface area contributed by atoms with Gasteiger partial charge in [-0.05, 0) is 36.4 Å². The van der Waals surface area contributed by atoms with Crippen LogP contribution in [0.25, 0.3) is 0 Å². The number of carbonyl (C=O) groups excluding carboxylic acids is 1. The smallest absolute Gasteiger partial charge is 0.422 e. The molecule has 0 aromatic heterocycles. The van der Waals surface area contributed by atoms with Crippen LogP contribution in [0, 0.1) is 5.82 Å². The van der Waals surface area contributed by atoms with E-state index >= 15 is 0 Å². The van der Waals surface area contributed by atoms with E-state index in [0.29, 0.717) is 10.6 Å². The van der Waals surface area contributed by atoms with Gasteiger partial charge in [-0.15, -0.1) is 11.8 Å². The molecule has 0 unspecified atom stereocenters. The van der Waals surface area contributed by atoms with Gasteiger partial charge in [-0.2, -0.15) is 13.2 Å². The van der Waals surface area contributed by atoms with Gasteiger partial charge in [0.15, 0.2) is 6.61 Å². The Labute approximate surface area is 140 Å². The van der Waals surface area contributed by atoms with E-state index in [1.807, 2.05) is 0 Å². The zero-order chi connectivity index (χ0) is 17.6. The van der Waals surface area contributed by atoms with E-state index < -0.39 is 18.6 Å². The summed E-state index contributed by atoms with van der Waals surface area (Å²) < 4.78 is 54.1. The number of alkyl halides is 3. The molecule has 3 nitrogen and oxygen atoms in total. The summed E-state index contributed by atoms with van der Waals surface area (Å²) in [6, 6.07) is 11.6. The van der Waals surface area contributed by atoms with E-state index in [1.54, 1.807) is 18.2 Å². The highest BCUT2D eigenvalue weighted by Gasteiger charge is 2.28. The highest BCUT2D eigenvalue weighted by molar-refractivity contribution is 8.00. The number of benzene rings is 2. The molecule has 0 aliphatic heterocycles. The lowest BCUT2D eigenvalue weighted by Crippen LogP contribution is -2.19. The lowest BCUT2D eigenvalue weighted by atomic mass is 10.3. The molecule has 0 saturated carbocycles. The number of ether oxygens (including phenoxy) is 1. The van der Waals surface area contributed by atoms with Gasteiger partial charge in [-0.25, -0.2) is 4.39 Å². The zero-order valence-electron chi connectivity index (χ0n) is 12.3. The molecule has 0 heterocycles. The number of rotatable bonds is 6. The van der Waals surface area contributed by atoms with Gasteiger partial charge < -0.3 is 10.1 Å². The number of halogens is 4. The predicted molar refractivity (Wildman–Crippen MR) is 83.7 cm³/mol. The normalized spacial score (nSPS) is 11.2. The van der Waals surface area contributed by atoms with Gasteiger partial charge in [-0.3, -0.25) is 4.79 Å². The van der Waals surface area contributed by atoms with Crippen LogP contribution in [-0.4, -0.2) is 24.4 Å². The van der Waals surface area contributed by atoms with Crippen LogP contribution in [0.4, 0.5) is 23.2 Å². The van der Waals surface area contributed by atoms with Gasteiger partial charge in [-0.1, -0.05) is 12.1 Å². The second-order valence-electron chi connectivity index (χ2n) is 4.70. The van der Waals surface area contributed by atoms with Gasteiger partial charge in [0.05, 0.1) is 5.75 Å². The molecule has 2 aromatic carbocycles. The Kier molecular flexibility index (Phi) is 6.08. The summed E-state index contributed by atoms with van der Waals surface area (Å²) in [5, 5.41) is 2.57. The van der Waals surface area contributed by atoms with E-state index in [1.165, 1.54) is 30.3 Å². The monoisotopic (exact) mass is 359 g/mol. The topological polar surface area (TPSA) is 38.3 Å². The molecule has 0 radical (unpaired) electrons. The Morgan fingerprint density at radius 2 is 1.75 bits per heavy atom. The van der Waals surface area contributed by atoms with Crippen molar-refractivity contribution in [2.45, 2.75) is 11.1 Å². The molecule has 1 N–H and O–H groups in total. The maximum atomic E-state index is 13.4. The highest BCUT2D eigenvalue weighted by Crippen LogP contribution is 2.22. The number of thioether (sulfide) groups is 1. The molecular weight excluding hydrogens is 346 g/mol. The van der Waals surface area contributed by atoms with Gasteiger partial charge in [0.1, 0.15) is 11.6 Å². The maximum Gasteiger partial charge on any atom is 0.422 e. The van der Waals surface area contributed by atoms with E-state index in [0.717, 1.165) is 11.8 Å². The number of amides is 1. The predicted octanol–water partition coefficient (Wildman–Crippen LogP) is 4.50. The molecule has 0 spiro atoms.